The fraction of sp³-hybridized carbons (Fsp3) is 0. The van der Waals surface area contributed by atoms with Crippen LogP contribution < -0.4 is 10.1 Å². The quantitative estimate of drug-likeness (QED) is 0.572. The summed E-state index contributed by atoms with van der Waals surface area (Å²) in [5, 5.41) is 2.78. The standard InChI is InChI=1S/C18H14N2O3/c21-17(13-5-2-1-3-6-13)20-14-8-10-15(11-9-14)23-18(22)16-7-4-12-19-16/h1-12,19H,(H,20,21). The maximum absolute atomic E-state index is 12.0. The lowest BCUT2D eigenvalue weighted by atomic mass is 10.2. The number of benzene rings is 2. The minimum absolute atomic E-state index is 0.193. The monoisotopic (exact) mass is 306 g/mol. The summed E-state index contributed by atoms with van der Waals surface area (Å²) < 4.78 is 5.22. The van der Waals surface area contributed by atoms with Gasteiger partial charge in [-0.2, -0.15) is 0 Å². The first-order valence-corrected chi connectivity index (χ1v) is 7.04. The molecule has 1 amide bonds. The number of H-pyrrole nitrogens is 1. The van der Waals surface area contributed by atoms with Crippen LogP contribution in [0.1, 0.15) is 20.8 Å². The van der Waals surface area contributed by atoms with Crippen molar-refractivity contribution in [2.45, 2.75) is 0 Å². The molecule has 1 aromatic heterocycles. The van der Waals surface area contributed by atoms with Crippen LogP contribution in [0.15, 0.2) is 72.9 Å². The van der Waals surface area contributed by atoms with E-state index in [-0.39, 0.29) is 5.91 Å². The smallest absolute Gasteiger partial charge is 0.360 e. The number of carbonyl (C=O) groups excluding carboxylic acids is 2. The van der Waals surface area contributed by atoms with E-state index in [1.165, 1.54) is 0 Å². The summed E-state index contributed by atoms with van der Waals surface area (Å²) in [5.41, 5.74) is 1.58. The zero-order chi connectivity index (χ0) is 16.1. The largest absolute Gasteiger partial charge is 0.422 e. The molecule has 0 saturated heterocycles. The first-order valence-electron chi connectivity index (χ1n) is 7.04. The van der Waals surface area contributed by atoms with Crippen molar-refractivity contribution < 1.29 is 14.3 Å². The zero-order valence-electron chi connectivity index (χ0n) is 12.2. The Morgan fingerprint density at radius 1 is 0.870 bits per heavy atom. The van der Waals surface area contributed by atoms with Crippen LogP contribution in [-0.4, -0.2) is 16.9 Å². The van der Waals surface area contributed by atoms with Crippen molar-refractivity contribution >= 4 is 17.6 Å². The average Bonchev–Trinajstić information content (AvgIpc) is 3.12. The summed E-state index contributed by atoms with van der Waals surface area (Å²) >= 11 is 0. The number of anilines is 1. The molecule has 3 rings (SSSR count). The van der Waals surface area contributed by atoms with Crippen LogP contribution in [-0.2, 0) is 0 Å². The number of esters is 1. The predicted molar refractivity (Wildman–Crippen MR) is 86.6 cm³/mol. The van der Waals surface area contributed by atoms with Crippen LogP contribution >= 0.6 is 0 Å². The number of aromatic nitrogens is 1. The number of ether oxygens (including phenoxy) is 1. The highest BCUT2D eigenvalue weighted by Gasteiger charge is 2.09. The predicted octanol–water partition coefficient (Wildman–Crippen LogP) is 3.49. The number of nitrogens with one attached hydrogen (secondary N) is 2. The molecule has 0 spiro atoms. The van der Waals surface area contributed by atoms with E-state index in [4.69, 9.17) is 4.74 Å². The third-order valence-electron chi connectivity index (χ3n) is 3.18. The van der Waals surface area contributed by atoms with E-state index in [2.05, 4.69) is 10.3 Å². The van der Waals surface area contributed by atoms with Gasteiger partial charge in [0, 0.05) is 17.4 Å². The molecule has 0 radical (unpaired) electrons. The molecule has 0 atom stereocenters. The highest BCUT2D eigenvalue weighted by Crippen LogP contribution is 2.17. The molecule has 3 aromatic rings. The summed E-state index contributed by atoms with van der Waals surface area (Å²) in [4.78, 5) is 26.6. The van der Waals surface area contributed by atoms with Gasteiger partial charge >= 0.3 is 5.97 Å². The van der Waals surface area contributed by atoms with Crippen LogP contribution in [0.4, 0.5) is 5.69 Å². The van der Waals surface area contributed by atoms with E-state index in [9.17, 15) is 9.59 Å². The van der Waals surface area contributed by atoms with Crippen molar-refractivity contribution in [1.82, 2.24) is 4.98 Å². The maximum atomic E-state index is 12.0. The van der Waals surface area contributed by atoms with Gasteiger partial charge in [0.05, 0.1) is 0 Å². The molecule has 0 fully saturated rings. The fourth-order valence-corrected chi connectivity index (χ4v) is 2.02. The van der Waals surface area contributed by atoms with Crippen molar-refractivity contribution in [2.24, 2.45) is 0 Å². The van der Waals surface area contributed by atoms with Crippen molar-refractivity contribution in [3.63, 3.8) is 0 Å². The molecule has 2 aromatic carbocycles. The fourth-order valence-electron chi connectivity index (χ4n) is 2.02. The Morgan fingerprint density at radius 2 is 1.61 bits per heavy atom. The van der Waals surface area contributed by atoms with E-state index >= 15 is 0 Å². The second-order valence-electron chi connectivity index (χ2n) is 4.82. The third-order valence-corrected chi connectivity index (χ3v) is 3.18. The van der Waals surface area contributed by atoms with Gasteiger partial charge in [-0.15, -0.1) is 0 Å². The third kappa shape index (κ3) is 3.65. The molecule has 0 saturated carbocycles. The van der Waals surface area contributed by atoms with Gasteiger partial charge in [0.15, 0.2) is 0 Å². The van der Waals surface area contributed by atoms with Crippen molar-refractivity contribution in [3.05, 3.63) is 84.2 Å². The minimum atomic E-state index is -0.462. The zero-order valence-corrected chi connectivity index (χ0v) is 12.2. The van der Waals surface area contributed by atoms with Gasteiger partial charge < -0.3 is 15.0 Å². The molecule has 2 N–H and O–H groups in total. The summed E-state index contributed by atoms with van der Waals surface area (Å²) in [7, 11) is 0. The Kier molecular flexibility index (Phi) is 4.20. The molecule has 23 heavy (non-hydrogen) atoms. The average molecular weight is 306 g/mol. The normalized spacial score (nSPS) is 10.1. The lowest BCUT2D eigenvalue weighted by Crippen LogP contribution is -2.12. The number of rotatable bonds is 4. The van der Waals surface area contributed by atoms with Crippen LogP contribution in [0, 0.1) is 0 Å². The maximum Gasteiger partial charge on any atom is 0.360 e. The van der Waals surface area contributed by atoms with Crippen molar-refractivity contribution in [3.8, 4) is 5.75 Å². The summed E-state index contributed by atoms with van der Waals surface area (Å²) in [6.07, 6.45) is 1.65. The van der Waals surface area contributed by atoms with Crippen molar-refractivity contribution in [2.75, 3.05) is 5.32 Å². The molecule has 5 heteroatoms. The molecule has 0 unspecified atom stereocenters. The molecule has 0 aliphatic rings. The van der Waals surface area contributed by atoms with Gasteiger partial charge in [-0.05, 0) is 48.5 Å². The molecule has 0 bridgehead atoms. The van der Waals surface area contributed by atoms with E-state index in [0.717, 1.165) is 0 Å². The van der Waals surface area contributed by atoms with E-state index in [0.29, 0.717) is 22.7 Å². The van der Waals surface area contributed by atoms with E-state index in [1.807, 2.05) is 6.07 Å². The van der Waals surface area contributed by atoms with Gasteiger partial charge in [-0.1, -0.05) is 18.2 Å². The summed E-state index contributed by atoms with van der Waals surface area (Å²) in [5.74, 6) is -0.250. The Labute approximate surface area is 132 Å². The lowest BCUT2D eigenvalue weighted by Gasteiger charge is -2.07. The number of amides is 1. The van der Waals surface area contributed by atoms with Gasteiger partial charge in [0.1, 0.15) is 11.4 Å². The SMILES string of the molecule is O=C(Nc1ccc(OC(=O)c2ccc[nH]2)cc1)c1ccccc1. The van der Waals surface area contributed by atoms with E-state index in [1.54, 1.807) is 66.9 Å². The summed E-state index contributed by atoms with van der Waals surface area (Å²) in [6.45, 7) is 0. The number of aromatic amines is 1. The molecule has 1 heterocycles. The van der Waals surface area contributed by atoms with Gasteiger partial charge in [-0.25, -0.2) is 4.79 Å². The first-order chi connectivity index (χ1) is 11.2. The Bertz CT molecular complexity index is 794. The Balaban J connectivity index is 1.63. The molecular weight excluding hydrogens is 292 g/mol. The van der Waals surface area contributed by atoms with Crippen LogP contribution in [0.25, 0.3) is 0 Å². The van der Waals surface area contributed by atoms with Gasteiger partial charge in [0.25, 0.3) is 5.91 Å². The molecule has 114 valence electrons. The molecular formula is C18H14N2O3. The summed E-state index contributed by atoms with van der Waals surface area (Å²) in [6, 6.07) is 18.9. The topological polar surface area (TPSA) is 71.2 Å². The van der Waals surface area contributed by atoms with Gasteiger partial charge in [-0.3, -0.25) is 4.79 Å². The Morgan fingerprint density at radius 3 is 2.26 bits per heavy atom. The first kappa shape index (κ1) is 14.6. The highest BCUT2D eigenvalue weighted by molar-refractivity contribution is 6.04. The highest BCUT2D eigenvalue weighted by atomic mass is 16.5. The van der Waals surface area contributed by atoms with Crippen molar-refractivity contribution in [1.29, 1.82) is 0 Å². The minimum Gasteiger partial charge on any atom is -0.422 e. The lowest BCUT2D eigenvalue weighted by molar-refractivity contribution is 0.0729. The van der Waals surface area contributed by atoms with Gasteiger partial charge in [0.2, 0.25) is 0 Å². The van der Waals surface area contributed by atoms with Crippen LogP contribution in [0.3, 0.4) is 0 Å². The van der Waals surface area contributed by atoms with E-state index < -0.39 is 5.97 Å². The number of carbonyl (C=O) groups is 2. The second kappa shape index (κ2) is 6.62. The Hall–Kier alpha value is -3.34. The van der Waals surface area contributed by atoms with Crippen LogP contribution in [0.5, 0.6) is 5.75 Å². The number of hydrogen-bond donors (Lipinski definition) is 2. The second-order valence-corrected chi connectivity index (χ2v) is 4.82. The molecule has 0 aliphatic heterocycles. The molecule has 5 nitrogen and oxygen atoms in total. The molecule has 0 aliphatic carbocycles. The van der Waals surface area contributed by atoms with Crippen LogP contribution in [0.2, 0.25) is 0 Å². The number of hydrogen-bond acceptors (Lipinski definition) is 3.